The third-order valence-corrected chi connectivity index (χ3v) is 3.48. The predicted octanol–water partition coefficient (Wildman–Crippen LogP) is 2.73. The standard InChI is InChI=1S/C12H17BrN2O2/c1-12(2,3)17-11(16)15-5-4-9-8(7-15)6-14-10(9)13/h4-7H2,1-3H3. The molecule has 0 aromatic carbocycles. The van der Waals surface area contributed by atoms with Crippen molar-refractivity contribution in [3.63, 3.8) is 0 Å². The van der Waals surface area contributed by atoms with Crippen molar-refractivity contribution >= 4 is 26.6 Å². The lowest BCUT2D eigenvalue weighted by Gasteiger charge is -2.30. The van der Waals surface area contributed by atoms with E-state index in [0.717, 1.165) is 11.0 Å². The van der Waals surface area contributed by atoms with Crippen molar-refractivity contribution in [1.82, 2.24) is 4.90 Å². The number of hydrogen-bond acceptors (Lipinski definition) is 3. The fraction of sp³-hybridized carbons (Fsp3) is 0.667. The summed E-state index contributed by atoms with van der Waals surface area (Å²) >= 11 is 3.44. The quantitative estimate of drug-likeness (QED) is 0.690. The van der Waals surface area contributed by atoms with Crippen LogP contribution in [0, 0.1) is 0 Å². The minimum absolute atomic E-state index is 0.230. The minimum Gasteiger partial charge on any atom is -0.444 e. The summed E-state index contributed by atoms with van der Waals surface area (Å²) in [4.78, 5) is 18.0. The fourth-order valence-corrected chi connectivity index (χ4v) is 2.57. The van der Waals surface area contributed by atoms with E-state index in [1.165, 1.54) is 11.1 Å². The van der Waals surface area contributed by atoms with E-state index in [1.807, 2.05) is 20.8 Å². The van der Waals surface area contributed by atoms with Crippen LogP contribution in [0.1, 0.15) is 27.2 Å². The van der Waals surface area contributed by atoms with Crippen molar-refractivity contribution < 1.29 is 9.53 Å². The molecule has 0 spiro atoms. The highest BCUT2D eigenvalue weighted by molar-refractivity contribution is 9.18. The van der Waals surface area contributed by atoms with Crippen LogP contribution in [0.3, 0.4) is 0 Å². The number of halogens is 1. The van der Waals surface area contributed by atoms with Crippen LogP contribution in [0.15, 0.2) is 16.1 Å². The second kappa shape index (κ2) is 4.44. The average molecular weight is 301 g/mol. The lowest BCUT2D eigenvalue weighted by molar-refractivity contribution is 0.0261. The van der Waals surface area contributed by atoms with Gasteiger partial charge in [-0.05, 0) is 54.3 Å². The van der Waals surface area contributed by atoms with E-state index in [2.05, 4.69) is 20.9 Å². The highest BCUT2D eigenvalue weighted by Crippen LogP contribution is 2.27. The van der Waals surface area contributed by atoms with Crippen molar-refractivity contribution in [3.8, 4) is 0 Å². The number of carbonyl (C=O) groups excluding carboxylic acids is 1. The van der Waals surface area contributed by atoms with Crippen LogP contribution in [-0.4, -0.2) is 40.8 Å². The Morgan fingerprint density at radius 1 is 1.47 bits per heavy atom. The molecule has 0 N–H and O–H groups in total. The molecular weight excluding hydrogens is 284 g/mol. The molecule has 0 radical (unpaired) electrons. The molecule has 0 bridgehead atoms. The molecule has 0 atom stereocenters. The molecule has 1 amide bonds. The summed E-state index contributed by atoms with van der Waals surface area (Å²) in [6, 6.07) is 0. The van der Waals surface area contributed by atoms with Gasteiger partial charge in [0, 0.05) is 13.1 Å². The molecule has 5 heteroatoms. The summed E-state index contributed by atoms with van der Waals surface area (Å²) in [5.41, 5.74) is 2.07. The van der Waals surface area contributed by atoms with Gasteiger partial charge in [-0.15, -0.1) is 0 Å². The van der Waals surface area contributed by atoms with E-state index >= 15 is 0 Å². The third-order valence-electron chi connectivity index (χ3n) is 2.75. The zero-order valence-corrected chi connectivity index (χ0v) is 12.0. The number of nitrogens with zero attached hydrogens (tertiary/aromatic N) is 2. The van der Waals surface area contributed by atoms with Crippen LogP contribution in [0.2, 0.25) is 0 Å². The first kappa shape index (κ1) is 12.6. The summed E-state index contributed by atoms with van der Waals surface area (Å²) in [5, 5.41) is 0. The van der Waals surface area contributed by atoms with E-state index in [0.29, 0.717) is 19.6 Å². The average Bonchev–Trinajstić information content (AvgIpc) is 2.57. The molecule has 0 saturated heterocycles. The number of hydrogen-bond donors (Lipinski definition) is 0. The fourth-order valence-electron chi connectivity index (χ4n) is 1.97. The van der Waals surface area contributed by atoms with Gasteiger partial charge in [0.2, 0.25) is 0 Å². The second-order valence-electron chi connectivity index (χ2n) is 5.34. The summed E-state index contributed by atoms with van der Waals surface area (Å²) in [5.74, 6) is 0. The Kier molecular flexibility index (Phi) is 3.30. The number of ether oxygens (including phenoxy) is 1. The van der Waals surface area contributed by atoms with Gasteiger partial charge in [0.05, 0.1) is 6.54 Å². The number of carbonyl (C=O) groups is 1. The molecule has 17 heavy (non-hydrogen) atoms. The van der Waals surface area contributed by atoms with Crippen LogP contribution < -0.4 is 0 Å². The van der Waals surface area contributed by atoms with E-state index in [4.69, 9.17) is 4.74 Å². The van der Waals surface area contributed by atoms with Gasteiger partial charge in [-0.1, -0.05) is 0 Å². The Morgan fingerprint density at radius 2 is 2.18 bits per heavy atom. The molecule has 2 rings (SSSR count). The van der Waals surface area contributed by atoms with Crippen LogP contribution in [0.25, 0.3) is 0 Å². The molecule has 4 nitrogen and oxygen atoms in total. The molecule has 0 aromatic rings. The van der Waals surface area contributed by atoms with Crippen LogP contribution in [0.5, 0.6) is 0 Å². The van der Waals surface area contributed by atoms with Crippen LogP contribution in [-0.2, 0) is 4.74 Å². The van der Waals surface area contributed by atoms with E-state index in [1.54, 1.807) is 4.90 Å². The largest absolute Gasteiger partial charge is 0.444 e. The van der Waals surface area contributed by atoms with E-state index in [9.17, 15) is 4.79 Å². The zero-order valence-electron chi connectivity index (χ0n) is 10.4. The molecule has 2 heterocycles. The Hall–Kier alpha value is -0.840. The Labute approximate surface area is 110 Å². The maximum atomic E-state index is 11.9. The number of rotatable bonds is 0. The summed E-state index contributed by atoms with van der Waals surface area (Å²) < 4.78 is 6.32. The molecule has 94 valence electrons. The van der Waals surface area contributed by atoms with Gasteiger partial charge in [-0.2, -0.15) is 0 Å². The predicted molar refractivity (Wildman–Crippen MR) is 70.7 cm³/mol. The summed E-state index contributed by atoms with van der Waals surface area (Å²) in [6.07, 6.45) is 0.630. The Balaban J connectivity index is 2.00. The Bertz CT molecular complexity index is 407. The van der Waals surface area contributed by atoms with Crippen molar-refractivity contribution in [3.05, 3.63) is 11.1 Å². The number of amides is 1. The van der Waals surface area contributed by atoms with E-state index in [-0.39, 0.29) is 6.09 Å². The summed E-state index contributed by atoms with van der Waals surface area (Å²) in [6.45, 7) is 7.70. The zero-order chi connectivity index (χ0) is 12.6. The number of aliphatic imine (C=N–C) groups is 1. The molecule has 2 aliphatic heterocycles. The van der Waals surface area contributed by atoms with Gasteiger partial charge in [0.1, 0.15) is 10.2 Å². The smallest absolute Gasteiger partial charge is 0.410 e. The van der Waals surface area contributed by atoms with Gasteiger partial charge in [0.15, 0.2) is 0 Å². The first-order chi connectivity index (χ1) is 7.87. The SMILES string of the molecule is CC(C)(C)OC(=O)N1CCC2=C(CN=C2Br)C1. The molecule has 0 saturated carbocycles. The highest BCUT2D eigenvalue weighted by Gasteiger charge is 2.29. The molecular formula is C12H17BrN2O2. The first-order valence-electron chi connectivity index (χ1n) is 5.76. The second-order valence-corrected chi connectivity index (χ2v) is 6.09. The lowest BCUT2D eigenvalue weighted by Crippen LogP contribution is -2.41. The lowest BCUT2D eigenvalue weighted by atomic mass is 10.0. The van der Waals surface area contributed by atoms with Gasteiger partial charge in [-0.25, -0.2) is 4.79 Å². The van der Waals surface area contributed by atoms with E-state index < -0.39 is 5.60 Å². The Morgan fingerprint density at radius 3 is 2.82 bits per heavy atom. The van der Waals surface area contributed by atoms with Gasteiger partial charge >= 0.3 is 6.09 Å². The minimum atomic E-state index is -0.432. The highest BCUT2D eigenvalue weighted by atomic mass is 79.9. The van der Waals surface area contributed by atoms with Crippen molar-refractivity contribution in [1.29, 1.82) is 0 Å². The van der Waals surface area contributed by atoms with Crippen LogP contribution >= 0.6 is 15.9 Å². The van der Waals surface area contributed by atoms with Crippen molar-refractivity contribution in [2.24, 2.45) is 4.99 Å². The molecule has 0 aliphatic carbocycles. The van der Waals surface area contributed by atoms with Crippen molar-refractivity contribution in [2.75, 3.05) is 19.6 Å². The van der Waals surface area contributed by atoms with Gasteiger partial charge in [-0.3, -0.25) is 4.99 Å². The maximum absolute atomic E-state index is 11.9. The van der Waals surface area contributed by atoms with Gasteiger partial charge < -0.3 is 9.64 Å². The molecule has 0 aromatic heterocycles. The molecule has 2 aliphatic rings. The van der Waals surface area contributed by atoms with Crippen molar-refractivity contribution in [2.45, 2.75) is 32.8 Å². The van der Waals surface area contributed by atoms with Crippen LogP contribution in [0.4, 0.5) is 4.79 Å². The topological polar surface area (TPSA) is 41.9 Å². The molecule has 0 unspecified atom stereocenters. The summed E-state index contributed by atoms with van der Waals surface area (Å²) in [7, 11) is 0. The third kappa shape index (κ3) is 2.89. The molecule has 0 fully saturated rings. The van der Waals surface area contributed by atoms with Gasteiger partial charge in [0.25, 0.3) is 0 Å². The maximum Gasteiger partial charge on any atom is 0.410 e. The monoisotopic (exact) mass is 300 g/mol. The first-order valence-corrected chi connectivity index (χ1v) is 6.55. The normalized spacial score (nSPS) is 20.2.